The van der Waals surface area contributed by atoms with E-state index in [1.165, 1.54) is 18.1 Å². The highest BCUT2D eigenvalue weighted by molar-refractivity contribution is 7.99. The highest BCUT2D eigenvalue weighted by Gasteiger charge is 2.19. The zero-order chi connectivity index (χ0) is 21.1. The molecule has 9 nitrogen and oxygen atoms in total. The molecule has 0 spiro atoms. The predicted molar refractivity (Wildman–Crippen MR) is 110 cm³/mol. The van der Waals surface area contributed by atoms with Crippen LogP contribution in [0.25, 0.3) is 5.95 Å². The number of aromatic amines is 1. The first-order chi connectivity index (χ1) is 14.5. The zero-order valence-corrected chi connectivity index (χ0v) is 17.6. The molecule has 0 bridgehead atoms. The van der Waals surface area contributed by atoms with Crippen molar-refractivity contribution in [2.75, 3.05) is 5.75 Å². The van der Waals surface area contributed by atoms with E-state index >= 15 is 0 Å². The Morgan fingerprint density at radius 3 is 2.87 bits per heavy atom. The number of ether oxygens (including phenoxy) is 1. The molecule has 1 aromatic carbocycles. The number of rotatable bonds is 8. The Bertz CT molecular complexity index is 1170. The third kappa shape index (κ3) is 4.28. The zero-order valence-electron chi connectivity index (χ0n) is 16.7. The quantitative estimate of drug-likeness (QED) is 0.338. The van der Waals surface area contributed by atoms with Crippen LogP contribution in [0.5, 0.6) is 5.75 Å². The van der Waals surface area contributed by atoms with E-state index in [0.717, 1.165) is 22.7 Å². The van der Waals surface area contributed by atoms with Crippen LogP contribution < -0.4 is 4.74 Å². The van der Waals surface area contributed by atoms with E-state index in [9.17, 15) is 4.79 Å². The monoisotopic (exact) mass is 424 g/mol. The molecule has 1 N–H and O–H groups in total. The summed E-state index contributed by atoms with van der Waals surface area (Å²) in [6.45, 7) is 5.95. The van der Waals surface area contributed by atoms with E-state index < -0.39 is 0 Å². The maximum atomic E-state index is 12.7. The lowest BCUT2D eigenvalue weighted by Gasteiger charge is -2.04. The van der Waals surface area contributed by atoms with Crippen molar-refractivity contribution in [2.24, 2.45) is 0 Å². The van der Waals surface area contributed by atoms with E-state index in [-0.39, 0.29) is 18.1 Å². The number of benzene rings is 1. The van der Waals surface area contributed by atoms with Crippen LogP contribution in [0, 0.1) is 20.8 Å². The SMILES string of the molecule is Cc1cccc(OCc2nnc(SCC(=O)c3cc(C)n(-c4ncn[nH]4)c3C)o2)c1. The summed E-state index contributed by atoms with van der Waals surface area (Å²) in [5.74, 6) is 1.82. The normalized spacial score (nSPS) is 11.0. The molecule has 0 amide bonds. The molecule has 0 fully saturated rings. The van der Waals surface area contributed by atoms with E-state index in [2.05, 4.69) is 25.4 Å². The molecule has 3 heterocycles. The van der Waals surface area contributed by atoms with Crippen LogP contribution >= 0.6 is 11.8 Å². The molecule has 4 aromatic rings. The number of nitrogens with zero attached hydrogens (tertiary/aromatic N) is 5. The topological polar surface area (TPSA) is 112 Å². The van der Waals surface area contributed by atoms with Crippen LogP contribution in [0.4, 0.5) is 0 Å². The second-order valence-corrected chi connectivity index (χ2v) is 7.63. The summed E-state index contributed by atoms with van der Waals surface area (Å²) in [6.07, 6.45) is 1.43. The Balaban J connectivity index is 1.36. The molecule has 3 aromatic heterocycles. The number of aromatic nitrogens is 6. The van der Waals surface area contributed by atoms with Gasteiger partial charge in [0.2, 0.25) is 5.95 Å². The van der Waals surface area contributed by atoms with Gasteiger partial charge in [-0.3, -0.25) is 9.36 Å². The Labute approximate surface area is 176 Å². The number of nitrogens with one attached hydrogen (secondary N) is 1. The van der Waals surface area contributed by atoms with Gasteiger partial charge >= 0.3 is 0 Å². The van der Waals surface area contributed by atoms with Gasteiger partial charge < -0.3 is 9.15 Å². The smallest absolute Gasteiger partial charge is 0.277 e. The van der Waals surface area contributed by atoms with Gasteiger partial charge in [0.05, 0.1) is 5.75 Å². The van der Waals surface area contributed by atoms with Crippen molar-refractivity contribution < 1.29 is 13.9 Å². The van der Waals surface area contributed by atoms with Gasteiger partial charge in [-0.25, -0.2) is 5.10 Å². The fourth-order valence-electron chi connectivity index (χ4n) is 3.09. The molecule has 10 heteroatoms. The van der Waals surface area contributed by atoms with Gasteiger partial charge in [0.15, 0.2) is 12.4 Å². The largest absolute Gasteiger partial charge is 0.484 e. The van der Waals surface area contributed by atoms with Crippen LogP contribution in [0.15, 0.2) is 46.3 Å². The van der Waals surface area contributed by atoms with Gasteiger partial charge in [-0.2, -0.15) is 10.1 Å². The average Bonchev–Trinajstić information content (AvgIpc) is 3.46. The van der Waals surface area contributed by atoms with Crippen molar-refractivity contribution in [3.05, 3.63) is 65.1 Å². The molecular weight excluding hydrogens is 404 g/mol. The standard InChI is InChI=1S/C20H20N6O3S/c1-12-5-4-6-15(7-12)28-9-18-23-25-20(29-18)30-10-17(27)16-8-13(2)26(14(16)3)19-21-11-22-24-19/h4-8,11H,9-10H2,1-3H3,(H,21,22,24). The minimum absolute atomic E-state index is 0.0328. The molecule has 0 saturated heterocycles. The van der Waals surface area contributed by atoms with E-state index in [0.29, 0.717) is 22.6 Å². The highest BCUT2D eigenvalue weighted by Crippen LogP contribution is 2.23. The van der Waals surface area contributed by atoms with Crippen LogP contribution in [0.2, 0.25) is 0 Å². The summed E-state index contributed by atoms with van der Waals surface area (Å²) in [7, 11) is 0. The van der Waals surface area contributed by atoms with Gasteiger partial charge in [0, 0.05) is 17.0 Å². The summed E-state index contributed by atoms with van der Waals surface area (Å²) in [5, 5.41) is 15.0. The van der Waals surface area contributed by atoms with Gasteiger partial charge in [-0.15, -0.1) is 10.2 Å². The molecule has 0 aliphatic carbocycles. The molecule has 0 aliphatic rings. The summed E-state index contributed by atoms with van der Waals surface area (Å²) in [6, 6.07) is 9.56. The van der Waals surface area contributed by atoms with E-state index in [4.69, 9.17) is 9.15 Å². The second kappa shape index (κ2) is 8.54. The number of Topliss-reactive ketones (excluding diaryl/α,β-unsaturated/α-hetero) is 1. The number of carbonyl (C=O) groups is 1. The third-order valence-corrected chi connectivity index (χ3v) is 5.29. The van der Waals surface area contributed by atoms with Crippen molar-refractivity contribution in [3.8, 4) is 11.7 Å². The number of hydrogen-bond acceptors (Lipinski definition) is 8. The number of carbonyl (C=O) groups excluding carboxylic acids is 1. The van der Waals surface area contributed by atoms with Crippen molar-refractivity contribution in [2.45, 2.75) is 32.6 Å². The van der Waals surface area contributed by atoms with Crippen molar-refractivity contribution >= 4 is 17.5 Å². The first kappa shape index (κ1) is 19.9. The third-order valence-electron chi connectivity index (χ3n) is 4.47. The lowest BCUT2D eigenvalue weighted by atomic mass is 10.2. The van der Waals surface area contributed by atoms with Crippen LogP contribution in [-0.4, -0.2) is 41.5 Å². The molecule has 0 unspecified atom stereocenters. The Kier molecular flexibility index (Phi) is 5.66. The first-order valence-electron chi connectivity index (χ1n) is 9.24. The summed E-state index contributed by atoms with van der Waals surface area (Å²) >= 11 is 1.20. The number of hydrogen-bond donors (Lipinski definition) is 1. The molecule has 0 atom stereocenters. The number of H-pyrrole nitrogens is 1. The average molecular weight is 424 g/mol. The van der Waals surface area contributed by atoms with Crippen LogP contribution in [-0.2, 0) is 6.61 Å². The number of thioether (sulfide) groups is 1. The molecular formula is C20H20N6O3S. The summed E-state index contributed by atoms with van der Waals surface area (Å²) < 4.78 is 13.1. The van der Waals surface area contributed by atoms with Gasteiger partial charge in [-0.1, -0.05) is 23.9 Å². The molecule has 4 rings (SSSR count). The maximum absolute atomic E-state index is 12.7. The first-order valence-corrected chi connectivity index (χ1v) is 10.2. The Morgan fingerprint density at radius 2 is 2.10 bits per heavy atom. The summed E-state index contributed by atoms with van der Waals surface area (Å²) in [5.41, 5.74) is 3.42. The van der Waals surface area contributed by atoms with Gasteiger partial charge in [0.25, 0.3) is 11.1 Å². The minimum atomic E-state index is -0.0328. The second-order valence-electron chi connectivity index (χ2n) is 6.71. The van der Waals surface area contributed by atoms with Crippen molar-refractivity contribution in [1.82, 2.24) is 29.9 Å². The molecule has 0 radical (unpaired) electrons. The maximum Gasteiger partial charge on any atom is 0.277 e. The predicted octanol–water partition coefficient (Wildman–Crippen LogP) is 3.46. The van der Waals surface area contributed by atoms with E-state index in [1.54, 1.807) is 0 Å². The number of ketones is 1. The fourth-order valence-corrected chi connectivity index (χ4v) is 3.75. The van der Waals surface area contributed by atoms with E-state index in [1.807, 2.05) is 55.7 Å². The highest BCUT2D eigenvalue weighted by atomic mass is 32.2. The lowest BCUT2D eigenvalue weighted by molar-refractivity contribution is 0.102. The molecule has 0 saturated carbocycles. The fraction of sp³-hybridized carbons (Fsp3) is 0.250. The van der Waals surface area contributed by atoms with Crippen molar-refractivity contribution in [1.29, 1.82) is 0 Å². The van der Waals surface area contributed by atoms with Gasteiger partial charge in [-0.05, 0) is 44.5 Å². The van der Waals surface area contributed by atoms with Crippen LogP contribution in [0.3, 0.4) is 0 Å². The van der Waals surface area contributed by atoms with Crippen LogP contribution in [0.1, 0.15) is 33.2 Å². The Morgan fingerprint density at radius 1 is 1.23 bits per heavy atom. The summed E-state index contributed by atoms with van der Waals surface area (Å²) in [4.78, 5) is 16.9. The minimum Gasteiger partial charge on any atom is -0.484 e. The van der Waals surface area contributed by atoms with Crippen molar-refractivity contribution in [3.63, 3.8) is 0 Å². The van der Waals surface area contributed by atoms with Gasteiger partial charge in [0.1, 0.15) is 12.1 Å². The molecule has 154 valence electrons. The molecule has 30 heavy (non-hydrogen) atoms. The number of aryl methyl sites for hydroxylation is 2. The lowest BCUT2D eigenvalue weighted by Crippen LogP contribution is -2.06. The molecule has 0 aliphatic heterocycles. The Hall–Kier alpha value is -3.40.